The van der Waals surface area contributed by atoms with Gasteiger partial charge in [0.15, 0.2) is 0 Å². The van der Waals surface area contributed by atoms with E-state index in [4.69, 9.17) is 0 Å². The first kappa shape index (κ1) is 44.6. The Balaban J connectivity index is 0.000000307. The molecule has 0 bridgehead atoms. The molecule has 6 heteroatoms. The van der Waals surface area contributed by atoms with Crippen LogP contribution in [-0.4, -0.2) is 11.0 Å². The fourth-order valence-corrected chi connectivity index (χ4v) is 5.02. The van der Waals surface area contributed by atoms with Crippen molar-refractivity contribution in [1.82, 2.24) is 0 Å². The molecule has 0 spiro atoms. The summed E-state index contributed by atoms with van der Waals surface area (Å²) in [6.45, 7) is 13.4. The molecule has 0 atom stereocenters. The summed E-state index contributed by atoms with van der Waals surface area (Å²) in [6, 6.07) is 36.2. The minimum atomic E-state index is 0. The predicted octanol–water partition coefficient (Wildman–Crippen LogP) is 11.9. The maximum atomic E-state index is 3.30. The van der Waals surface area contributed by atoms with Crippen molar-refractivity contribution in [1.29, 1.82) is 0 Å². The summed E-state index contributed by atoms with van der Waals surface area (Å²) in [5.74, 6) is 0. The molecule has 0 aromatic heterocycles. The van der Waals surface area contributed by atoms with E-state index in [9.17, 15) is 0 Å². The zero-order valence-corrected chi connectivity index (χ0v) is 39.9. The Labute approximate surface area is 333 Å². The second kappa shape index (κ2) is 24.7. The molecule has 0 fully saturated rings. The van der Waals surface area contributed by atoms with Gasteiger partial charge in [0.2, 0.25) is 0 Å². The average Bonchev–Trinajstić information content (AvgIpc) is 3.84. The van der Waals surface area contributed by atoms with E-state index in [0.717, 1.165) is 25.7 Å². The Bertz CT molecular complexity index is 1520. The van der Waals surface area contributed by atoms with Gasteiger partial charge in [0.1, 0.15) is 0 Å². The predicted molar refractivity (Wildman–Crippen MR) is 209 cm³/mol. The zero-order chi connectivity index (χ0) is 33.3. The van der Waals surface area contributed by atoms with Crippen molar-refractivity contribution in [3.63, 3.8) is 0 Å². The second-order valence-corrected chi connectivity index (χ2v) is 37.3. The number of rotatable bonds is 0. The molecule has 4 aliphatic carbocycles. The number of hydrogen-bond acceptors (Lipinski definition) is 0. The molecule has 0 unspecified atom stereocenters. The normalized spacial score (nSPS) is 12.5. The van der Waals surface area contributed by atoms with Crippen LogP contribution < -0.4 is 0 Å². The van der Waals surface area contributed by atoms with Gasteiger partial charge in [-0.2, -0.15) is 71.8 Å². The third kappa shape index (κ3) is 16.1. The Kier molecular flexibility index (Phi) is 23.0. The van der Waals surface area contributed by atoms with E-state index in [2.05, 4.69) is 161 Å². The van der Waals surface area contributed by atoms with Crippen LogP contribution in [0.4, 0.5) is 0 Å². The third-order valence-corrected chi connectivity index (χ3v) is 6.97. The van der Waals surface area contributed by atoms with Gasteiger partial charge in [0.25, 0.3) is 0 Å². The van der Waals surface area contributed by atoms with Crippen LogP contribution in [0.2, 0.25) is 26.2 Å². The molecular formula is C42H46Cl2Hf2Si2. The van der Waals surface area contributed by atoms with Gasteiger partial charge in [-0.05, 0) is 12.8 Å². The molecule has 48 heavy (non-hydrogen) atoms. The summed E-state index contributed by atoms with van der Waals surface area (Å²) in [4.78, 5) is 0. The maximum absolute atomic E-state index is 3.30. The number of allylic oxidation sites excluding steroid dienone is 8. The van der Waals surface area contributed by atoms with E-state index in [1.54, 1.807) is 0 Å². The summed E-state index contributed by atoms with van der Waals surface area (Å²) in [6.07, 6.45) is 18.8. The Morgan fingerprint density at radius 1 is 0.521 bits per heavy atom. The standard InChI is InChI=1S/2C13H9.2C6H7.2C2H6Si.2ClH.2Hf/c2*1-3-7-12-10(5-1)9-11-6-2-4-8-13(11)12;2*1-6-4-2-3-5-6;2*1-3-2;;;;/h2*1-5,7-8H,9H2;2*2,4H,3H2,1H3;2*1-2H3;2*1H;;/q4*-1;;;;;2*+2. The molecule has 0 aliphatic heterocycles. The van der Waals surface area contributed by atoms with Crippen molar-refractivity contribution >= 4 is 35.8 Å². The van der Waals surface area contributed by atoms with E-state index in [1.807, 2.05) is 12.1 Å². The Hall–Kier alpha value is -1.41. The first-order valence-electron chi connectivity index (χ1n) is 15.8. The van der Waals surface area contributed by atoms with Gasteiger partial charge in [-0.15, -0.1) is 48.8 Å². The topological polar surface area (TPSA) is 0 Å². The van der Waals surface area contributed by atoms with Crippen molar-refractivity contribution < 1.29 is 46.0 Å². The average molecular weight is 1030 g/mol. The minimum absolute atomic E-state index is 0. The van der Waals surface area contributed by atoms with Gasteiger partial charge in [-0.25, -0.2) is 23.3 Å². The van der Waals surface area contributed by atoms with Crippen molar-refractivity contribution in [2.24, 2.45) is 0 Å². The largest absolute Gasteiger partial charge is 0.179 e. The SMILES string of the molecule is CC1=[C-]CC=C1.CC1=[C-]CC=C1.C[Si](C)=[Hf+2].C[Si](C)=[Hf+2].Cl.Cl.[c-]1cccc2c1Cc1ccccc1-2.[c-]1cccc2c1Cc1ccccc1-2. The summed E-state index contributed by atoms with van der Waals surface area (Å²) in [7, 11) is 0. The smallest absolute Gasteiger partial charge is 0.0253 e. The molecule has 0 saturated carbocycles. The quantitative estimate of drug-likeness (QED) is 0.105. The van der Waals surface area contributed by atoms with Crippen LogP contribution in [0.25, 0.3) is 22.3 Å². The zero-order valence-electron chi connectivity index (χ0n) is 29.0. The van der Waals surface area contributed by atoms with Gasteiger partial charge in [-0.3, -0.25) is 12.2 Å². The molecule has 0 radical (unpaired) electrons. The van der Waals surface area contributed by atoms with Gasteiger partial charge < -0.3 is 0 Å². The van der Waals surface area contributed by atoms with Gasteiger partial charge in [0, 0.05) is 0 Å². The van der Waals surface area contributed by atoms with Crippen molar-refractivity contribution in [2.75, 3.05) is 0 Å². The number of fused-ring (bicyclic) bond motifs is 6. The molecule has 4 aliphatic rings. The first-order valence-corrected chi connectivity index (χ1v) is 31.6. The fourth-order valence-electron chi connectivity index (χ4n) is 5.02. The van der Waals surface area contributed by atoms with Crippen LogP contribution in [0.5, 0.6) is 0 Å². The van der Waals surface area contributed by atoms with Crippen LogP contribution in [0.3, 0.4) is 0 Å². The van der Waals surface area contributed by atoms with Crippen LogP contribution in [0, 0.1) is 24.3 Å². The van der Waals surface area contributed by atoms with Crippen molar-refractivity contribution in [3.05, 3.63) is 167 Å². The van der Waals surface area contributed by atoms with Crippen molar-refractivity contribution in [2.45, 2.75) is 65.7 Å². The number of hydrogen-bond donors (Lipinski definition) is 0. The third-order valence-electron chi connectivity index (χ3n) is 6.97. The van der Waals surface area contributed by atoms with E-state index >= 15 is 0 Å². The molecule has 244 valence electrons. The summed E-state index contributed by atoms with van der Waals surface area (Å²) in [5, 5.41) is 0. The molecule has 4 aromatic rings. The molecular weight excluding hydrogens is 989 g/mol. The summed E-state index contributed by atoms with van der Waals surface area (Å²) in [5.41, 5.74) is 14.1. The molecule has 0 heterocycles. The molecule has 0 nitrogen and oxygen atoms in total. The number of halogens is 2. The van der Waals surface area contributed by atoms with Crippen molar-refractivity contribution in [3.8, 4) is 22.3 Å². The van der Waals surface area contributed by atoms with Crippen LogP contribution >= 0.6 is 24.8 Å². The Morgan fingerprint density at radius 2 is 0.854 bits per heavy atom. The Morgan fingerprint density at radius 3 is 1.15 bits per heavy atom. The summed E-state index contributed by atoms with van der Waals surface area (Å²) >= 11 is 2.90. The monoisotopic (exact) mass is 1040 g/mol. The molecule has 4 aromatic carbocycles. The second-order valence-electron chi connectivity index (χ2n) is 11.7. The maximum Gasteiger partial charge on any atom is -0.0253 e. The fraction of sp³-hybridized carbons (Fsp3) is 0.238. The van der Waals surface area contributed by atoms with E-state index in [-0.39, 0.29) is 35.8 Å². The van der Waals surface area contributed by atoms with Gasteiger partial charge >= 0.3 is 83.2 Å². The minimum Gasteiger partial charge on any atom is -0.179 e. The van der Waals surface area contributed by atoms with E-state index in [1.165, 1.54) is 102 Å². The van der Waals surface area contributed by atoms with Crippen LogP contribution in [0.1, 0.15) is 48.9 Å². The van der Waals surface area contributed by atoms with E-state index in [0.29, 0.717) is 0 Å². The summed E-state index contributed by atoms with van der Waals surface area (Å²) < 4.78 is 0. The molecule has 0 amide bonds. The molecule has 0 saturated heterocycles. The van der Waals surface area contributed by atoms with Gasteiger partial charge in [0.05, 0.1) is 0 Å². The first-order chi connectivity index (χ1) is 22.2. The van der Waals surface area contributed by atoms with Crippen LogP contribution in [0.15, 0.2) is 120 Å². The van der Waals surface area contributed by atoms with Gasteiger partial charge in [-0.1, -0.05) is 84.6 Å². The molecule has 0 N–H and O–H groups in total. The van der Waals surface area contributed by atoms with E-state index < -0.39 is 0 Å². The number of benzene rings is 4. The van der Waals surface area contributed by atoms with Crippen LogP contribution in [-0.2, 0) is 58.8 Å². The molecule has 8 rings (SSSR count).